The molecule has 5 heteroatoms. The average molecular weight is 320 g/mol. The van der Waals surface area contributed by atoms with Crippen LogP contribution in [0.4, 0.5) is 5.69 Å². The number of hydrogen-bond donors (Lipinski definition) is 1. The van der Waals surface area contributed by atoms with Gasteiger partial charge in [-0.3, -0.25) is 4.90 Å². The van der Waals surface area contributed by atoms with Crippen LogP contribution in [-0.4, -0.2) is 69.2 Å². The van der Waals surface area contributed by atoms with E-state index in [1.165, 1.54) is 16.8 Å². The molecule has 1 N–H and O–H groups in total. The molecule has 2 heterocycles. The monoisotopic (exact) mass is 320 g/mol. The van der Waals surface area contributed by atoms with Crippen LogP contribution in [0.1, 0.15) is 17.5 Å². The van der Waals surface area contributed by atoms with Gasteiger partial charge in [0.1, 0.15) is 5.75 Å². The predicted molar refractivity (Wildman–Crippen MR) is 91.5 cm³/mol. The lowest BCUT2D eigenvalue weighted by molar-refractivity contribution is 0.0160. The van der Waals surface area contributed by atoms with Gasteiger partial charge in [-0.25, -0.2) is 0 Å². The average Bonchev–Trinajstić information content (AvgIpc) is 2.57. The lowest BCUT2D eigenvalue weighted by Crippen LogP contribution is -2.45. The molecule has 2 aliphatic rings. The van der Waals surface area contributed by atoms with E-state index in [0.717, 1.165) is 51.4 Å². The zero-order valence-corrected chi connectivity index (χ0v) is 14.3. The highest BCUT2D eigenvalue weighted by Gasteiger charge is 2.25. The zero-order chi connectivity index (χ0) is 16.2. The van der Waals surface area contributed by atoms with Gasteiger partial charge in [0, 0.05) is 32.7 Å². The Hall–Kier alpha value is -1.30. The van der Waals surface area contributed by atoms with Crippen molar-refractivity contribution in [3.05, 3.63) is 23.3 Å². The first-order valence-electron chi connectivity index (χ1n) is 8.58. The molecule has 2 aliphatic heterocycles. The topological polar surface area (TPSA) is 45.2 Å². The van der Waals surface area contributed by atoms with Crippen LogP contribution in [0.25, 0.3) is 0 Å². The Kier molecular flexibility index (Phi) is 5.41. The van der Waals surface area contributed by atoms with Crippen LogP contribution < -0.4 is 9.64 Å². The van der Waals surface area contributed by atoms with E-state index < -0.39 is 0 Å². The molecule has 1 aromatic carbocycles. The van der Waals surface area contributed by atoms with E-state index in [4.69, 9.17) is 9.47 Å². The van der Waals surface area contributed by atoms with E-state index in [2.05, 4.69) is 22.8 Å². The molecule has 128 valence electrons. The van der Waals surface area contributed by atoms with Crippen molar-refractivity contribution in [2.24, 2.45) is 0 Å². The molecular formula is C18H28N2O3. The van der Waals surface area contributed by atoms with Gasteiger partial charge in [0.15, 0.2) is 0 Å². The summed E-state index contributed by atoms with van der Waals surface area (Å²) in [6, 6.07) is 4.17. The summed E-state index contributed by atoms with van der Waals surface area (Å²) < 4.78 is 11.0. The number of β-amino-alcohol motifs (C(OH)–C–C–N with tert-alkyl or cyclic N) is 1. The normalized spacial score (nSPS) is 20.2. The minimum absolute atomic E-state index is 0.357. The number of aliphatic hydroxyl groups excluding tert-OH is 1. The van der Waals surface area contributed by atoms with Gasteiger partial charge in [-0.2, -0.15) is 0 Å². The first kappa shape index (κ1) is 16.6. The molecule has 1 unspecified atom stereocenters. The maximum absolute atomic E-state index is 10.5. The van der Waals surface area contributed by atoms with Gasteiger partial charge in [0.05, 0.1) is 32.1 Å². The number of rotatable bonds is 5. The molecule has 5 nitrogen and oxygen atoms in total. The molecule has 1 aromatic rings. The second-order valence-electron chi connectivity index (χ2n) is 6.53. The summed E-state index contributed by atoms with van der Waals surface area (Å²) in [4.78, 5) is 4.59. The van der Waals surface area contributed by atoms with E-state index >= 15 is 0 Å². The fourth-order valence-electron chi connectivity index (χ4n) is 3.68. The smallest absolute Gasteiger partial charge is 0.142 e. The van der Waals surface area contributed by atoms with E-state index in [-0.39, 0.29) is 6.10 Å². The van der Waals surface area contributed by atoms with Crippen molar-refractivity contribution >= 4 is 5.69 Å². The molecule has 0 amide bonds. The van der Waals surface area contributed by atoms with E-state index in [9.17, 15) is 5.11 Å². The molecule has 3 rings (SSSR count). The highest BCUT2D eigenvalue weighted by Crippen LogP contribution is 2.38. The summed E-state index contributed by atoms with van der Waals surface area (Å²) in [6.45, 7) is 7.87. The predicted octanol–water partition coefficient (Wildman–Crippen LogP) is 1.45. The minimum atomic E-state index is -0.357. The van der Waals surface area contributed by atoms with E-state index in [1.807, 2.05) is 6.07 Å². The Bertz CT molecular complexity index is 529. The third kappa shape index (κ3) is 3.79. The Morgan fingerprint density at radius 3 is 2.74 bits per heavy atom. The first-order valence-corrected chi connectivity index (χ1v) is 8.58. The van der Waals surface area contributed by atoms with E-state index in [1.54, 1.807) is 7.11 Å². The molecule has 1 saturated heterocycles. The molecular weight excluding hydrogens is 292 g/mol. The van der Waals surface area contributed by atoms with Crippen molar-refractivity contribution in [3.8, 4) is 5.75 Å². The molecule has 0 spiro atoms. The lowest BCUT2D eigenvalue weighted by atomic mass is 9.96. The van der Waals surface area contributed by atoms with Gasteiger partial charge in [0.25, 0.3) is 0 Å². The Morgan fingerprint density at radius 2 is 2.00 bits per heavy atom. The quantitative estimate of drug-likeness (QED) is 0.890. The number of anilines is 1. The van der Waals surface area contributed by atoms with Crippen molar-refractivity contribution in [3.63, 3.8) is 0 Å². The van der Waals surface area contributed by atoms with Crippen LogP contribution in [0.2, 0.25) is 0 Å². The number of aliphatic hydroxyl groups is 1. The minimum Gasteiger partial charge on any atom is -0.495 e. The first-order chi connectivity index (χ1) is 11.2. The number of ether oxygens (including phenoxy) is 2. The highest BCUT2D eigenvalue weighted by atomic mass is 16.5. The summed E-state index contributed by atoms with van der Waals surface area (Å²) in [5, 5.41) is 10.5. The van der Waals surface area contributed by atoms with E-state index in [0.29, 0.717) is 13.1 Å². The number of nitrogens with zero attached hydrogens (tertiary/aromatic N) is 2. The van der Waals surface area contributed by atoms with Crippen molar-refractivity contribution in [1.29, 1.82) is 0 Å². The maximum Gasteiger partial charge on any atom is 0.142 e. The van der Waals surface area contributed by atoms with Crippen molar-refractivity contribution in [2.45, 2.75) is 25.9 Å². The van der Waals surface area contributed by atoms with Gasteiger partial charge in [-0.05, 0) is 37.0 Å². The molecule has 0 saturated carbocycles. The van der Waals surface area contributed by atoms with Crippen LogP contribution in [0.5, 0.6) is 5.75 Å². The number of morpholine rings is 1. The van der Waals surface area contributed by atoms with Crippen LogP contribution in [0.3, 0.4) is 0 Å². The number of methoxy groups -OCH3 is 1. The van der Waals surface area contributed by atoms with Gasteiger partial charge in [-0.1, -0.05) is 6.07 Å². The number of aryl methyl sites for hydroxylation is 1. The van der Waals surface area contributed by atoms with Crippen LogP contribution in [0, 0.1) is 6.92 Å². The molecule has 0 aromatic heterocycles. The number of fused-ring (bicyclic) bond motifs is 1. The van der Waals surface area contributed by atoms with Gasteiger partial charge in [0.2, 0.25) is 0 Å². The standard InChI is InChI=1S/C18H28N2O3/c1-14-5-6-17(22-2)18-16(14)4-3-7-20(18)13-15(21)12-19-8-10-23-11-9-19/h5-6,15,21H,3-4,7-13H2,1-2H3. The molecule has 1 fully saturated rings. The Labute approximate surface area is 138 Å². The summed E-state index contributed by atoms with van der Waals surface area (Å²) >= 11 is 0. The summed E-state index contributed by atoms with van der Waals surface area (Å²) in [5.74, 6) is 0.920. The van der Waals surface area contributed by atoms with Crippen molar-refractivity contribution in [2.75, 3.05) is 57.9 Å². The second-order valence-corrected chi connectivity index (χ2v) is 6.53. The van der Waals surface area contributed by atoms with Crippen LogP contribution >= 0.6 is 0 Å². The fraction of sp³-hybridized carbons (Fsp3) is 0.667. The molecule has 23 heavy (non-hydrogen) atoms. The maximum atomic E-state index is 10.5. The number of hydrogen-bond acceptors (Lipinski definition) is 5. The second kappa shape index (κ2) is 7.51. The van der Waals surface area contributed by atoms with Gasteiger partial charge >= 0.3 is 0 Å². The largest absolute Gasteiger partial charge is 0.495 e. The Morgan fingerprint density at radius 1 is 1.22 bits per heavy atom. The van der Waals surface area contributed by atoms with Gasteiger partial charge < -0.3 is 19.5 Å². The van der Waals surface area contributed by atoms with Crippen LogP contribution in [-0.2, 0) is 11.2 Å². The lowest BCUT2D eigenvalue weighted by Gasteiger charge is -2.36. The Balaban J connectivity index is 1.71. The SMILES string of the molecule is COc1ccc(C)c2c1N(CC(O)CN1CCOCC1)CCC2. The molecule has 1 atom stereocenters. The zero-order valence-electron chi connectivity index (χ0n) is 14.3. The third-order valence-corrected chi connectivity index (χ3v) is 4.87. The summed E-state index contributed by atoms with van der Waals surface area (Å²) in [7, 11) is 1.72. The highest BCUT2D eigenvalue weighted by molar-refractivity contribution is 5.67. The molecule has 0 bridgehead atoms. The van der Waals surface area contributed by atoms with Gasteiger partial charge in [-0.15, -0.1) is 0 Å². The van der Waals surface area contributed by atoms with Crippen LogP contribution in [0.15, 0.2) is 12.1 Å². The van der Waals surface area contributed by atoms with Crippen molar-refractivity contribution in [1.82, 2.24) is 4.90 Å². The summed E-state index contributed by atoms with van der Waals surface area (Å²) in [6.07, 6.45) is 1.86. The fourth-order valence-corrected chi connectivity index (χ4v) is 3.68. The third-order valence-electron chi connectivity index (χ3n) is 4.87. The molecule has 0 aliphatic carbocycles. The van der Waals surface area contributed by atoms with Crippen molar-refractivity contribution < 1.29 is 14.6 Å². The number of benzene rings is 1. The molecule has 0 radical (unpaired) electrons. The summed E-state index contributed by atoms with van der Waals surface area (Å²) in [5.41, 5.74) is 3.86.